The lowest BCUT2D eigenvalue weighted by Gasteiger charge is -2.47. The molecule has 14 heteroatoms. The highest BCUT2D eigenvalue weighted by Gasteiger charge is 2.53. The third kappa shape index (κ3) is 5.06. The smallest absolute Gasteiger partial charge is 0.471 e. The lowest BCUT2D eigenvalue weighted by molar-refractivity contribution is -0.257. The molecule has 0 spiro atoms. The first-order valence-electron chi connectivity index (χ1n) is 13.5. The maximum absolute atomic E-state index is 13.5. The van der Waals surface area contributed by atoms with E-state index < -0.39 is 107 Å². The fraction of sp³-hybridized carbons (Fsp3) is 0.483. The molecule has 0 saturated carbocycles. The van der Waals surface area contributed by atoms with Crippen molar-refractivity contribution in [2.45, 2.75) is 88.1 Å². The van der Waals surface area contributed by atoms with E-state index in [1.807, 2.05) is 0 Å². The summed E-state index contributed by atoms with van der Waals surface area (Å²) in [5, 5.41) is 57.4. The summed E-state index contributed by atoms with van der Waals surface area (Å²) in [5.74, 6) is -5.23. The quantitative estimate of drug-likeness (QED) is 0.239. The van der Waals surface area contributed by atoms with E-state index in [-0.39, 0.29) is 22.3 Å². The maximum atomic E-state index is 13.5. The molecule has 1 aliphatic heterocycles. The largest absolute Gasteiger partial charge is 0.507 e. The Morgan fingerprint density at radius 2 is 1.63 bits per heavy atom. The van der Waals surface area contributed by atoms with E-state index in [0.29, 0.717) is 0 Å². The van der Waals surface area contributed by atoms with Crippen molar-refractivity contribution in [1.82, 2.24) is 5.32 Å². The fourth-order valence-corrected chi connectivity index (χ4v) is 5.98. The number of carbonyl (C=O) groups is 3. The molecule has 2 aromatic carbocycles. The van der Waals surface area contributed by atoms with Gasteiger partial charge >= 0.3 is 12.1 Å². The Labute approximate surface area is 242 Å². The van der Waals surface area contributed by atoms with Gasteiger partial charge in [0.2, 0.25) is 0 Å². The first-order chi connectivity index (χ1) is 19.9. The second-order valence-corrected chi connectivity index (χ2v) is 11.7. The van der Waals surface area contributed by atoms with E-state index in [4.69, 9.17) is 9.47 Å². The van der Waals surface area contributed by atoms with Crippen LogP contribution in [0.2, 0.25) is 0 Å². The molecule has 0 aromatic heterocycles. The van der Waals surface area contributed by atoms with E-state index >= 15 is 0 Å². The number of aliphatic hydroxyl groups is 3. The average Bonchev–Trinajstić information content (AvgIpc) is 2.90. The summed E-state index contributed by atoms with van der Waals surface area (Å²) < 4.78 is 50.4. The molecule has 0 radical (unpaired) electrons. The minimum Gasteiger partial charge on any atom is -0.507 e. The molecule has 1 heterocycles. The van der Waals surface area contributed by atoms with Crippen LogP contribution in [0.3, 0.4) is 0 Å². The molecule has 2 aromatic rings. The third-order valence-electron chi connectivity index (χ3n) is 8.51. The van der Waals surface area contributed by atoms with Crippen LogP contribution >= 0.6 is 0 Å². The van der Waals surface area contributed by atoms with Crippen LogP contribution in [0.1, 0.15) is 82.7 Å². The van der Waals surface area contributed by atoms with E-state index in [0.717, 1.165) is 0 Å². The van der Waals surface area contributed by atoms with Gasteiger partial charge < -0.3 is 40.3 Å². The van der Waals surface area contributed by atoms with Crippen LogP contribution < -0.4 is 5.32 Å². The zero-order valence-corrected chi connectivity index (χ0v) is 23.2. The predicted octanol–water partition coefficient (Wildman–Crippen LogP) is 1.92. The number of rotatable bonds is 4. The molecule has 3 aliphatic rings. The molecular weight excluding hydrogens is 579 g/mol. The Morgan fingerprint density at radius 3 is 2.16 bits per heavy atom. The Kier molecular flexibility index (Phi) is 7.37. The number of aromatic hydroxyl groups is 2. The van der Waals surface area contributed by atoms with Gasteiger partial charge in [-0.05, 0) is 20.8 Å². The number of nitrogens with one attached hydrogen (secondary N) is 1. The first kappa shape index (κ1) is 30.9. The van der Waals surface area contributed by atoms with E-state index in [1.54, 1.807) is 5.32 Å². The van der Waals surface area contributed by atoms with Crippen LogP contribution in [0.15, 0.2) is 24.3 Å². The van der Waals surface area contributed by atoms with Crippen LogP contribution in [0.25, 0.3) is 0 Å². The van der Waals surface area contributed by atoms with Gasteiger partial charge in [0, 0.05) is 41.5 Å². The number of aliphatic hydroxyl groups excluding tert-OH is 1. The zero-order chi connectivity index (χ0) is 31.8. The SMILES string of the molecule is C[C@@H]1O[C@@H](O[C@H]2C[C@](O)(C(C)(C)O)Cc3c(O)c4c(c(O)c32)C(=O)c2ccccc2C4=O)C[C@H](NC(=O)C(F)(F)F)[C@@H]1O. The number of ketones is 2. The molecule has 6 N–H and O–H groups in total. The zero-order valence-electron chi connectivity index (χ0n) is 23.2. The van der Waals surface area contributed by atoms with Crippen molar-refractivity contribution in [3.05, 3.63) is 57.6 Å². The summed E-state index contributed by atoms with van der Waals surface area (Å²) in [7, 11) is 0. The number of alkyl halides is 3. The van der Waals surface area contributed by atoms with Gasteiger partial charge in [0.15, 0.2) is 17.9 Å². The Morgan fingerprint density at radius 1 is 1.07 bits per heavy atom. The summed E-state index contributed by atoms with van der Waals surface area (Å²) in [5.41, 5.74) is -5.29. The minimum atomic E-state index is -5.23. The molecule has 6 atom stereocenters. The van der Waals surface area contributed by atoms with Crippen molar-refractivity contribution in [1.29, 1.82) is 0 Å². The van der Waals surface area contributed by atoms with E-state index in [2.05, 4.69) is 0 Å². The van der Waals surface area contributed by atoms with Crippen LogP contribution in [-0.2, 0) is 20.7 Å². The van der Waals surface area contributed by atoms with Gasteiger partial charge in [-0.2, -0.15) is 13.2 Å². The third-order valence-corrected chi connectivity index (χ3v) is 8.51. The normalized spacial score (nSPS) is 29.0. The lowest BCUT2D eigenvalue weighted by Crippen LogP contribution is -2.58. The van der Waals surface area contributed by atoms with Gasteiger partial charge in [-0.3, -0.25) is 14.4 Å². The number of halogens is 3. The van der Waals surface area contributed by atoms with Crippen LogP contribution in [0, 0.1) is 0 Å². The number of hydrogen-bond donors (Lipinski definition) is 6. The molecule has 0 bridgehead atoms. The molecule has 1 amide bonds. The first-order valence-corrected chi connectivity index (χ1v) is 13.5. The second kappa shape index (κ2) is 10.3. The predicted molar refractivity (Wildman–Crippen MR) is 139 cm³/mol. The van der Waals surface area contributed by atoms with Crippen molar-refractivity contribution >= 4 is 17.5 Å². The highest BCUT2D eigenvalue weighted by Crippen LogP contribution is 2.53. The van der Waals surface area contributed by atoms with Gasteiger partial charge in [-0.25, -0.2) is 0 Å². The minimum absolute atomic E-state index is 0.00824. The van der Waals surface area contributed by atoms with Gasteiger partial charge in [-0.1, -0.05) is 24.3 Å². The standard InChI is InChI=1S/C29H30F3NO10/c1-11-21(34)15(33-26(39)29(30,31)32)8-17(42-11)43-16-10-28(41,27(2,3)40)9-14-18(16)25(38)20-19(24(14)37)22(35)12-6-4-5-7-13(12)23(20)36/h4-7,11,15-17,21,34,37-38,40-41H,8-10H2,1-3H3,(H,33,39)/t11-,15-,16-,17-,21+,28-/m0/s1. The Balaban J connectivity index is 1.59. The monoisotopic (exact) mass is 609 g/mol. The molecule has 5 rings (SSSR count). The maximum Gasteiger partial charge on any atom is 0.471 e. The number of phenols is 2. The second-order valence-electron chi connectivity index (χ2n) is 11.7. The van der Waals surface area contributed by atoms with Gasteiger partial charge in [0.1, 0.15) is 17.6 Å². The summed E-state index contributed by atoms with van der Waals surface area (Å²) in [6.07, 6.45) is -12.2. The summed E-state index contributed by atoms with van der Waals surface area (Å²) in [6.45, 7) is 3.90. The van der Waals surface area contributed by atoms with Crippen molar-refractivity contribution in [3.8, 4) is 11.5 Å². The topological polar surface area (TPSA) is 183 Å². The number of fused-ring (bicyclic) bond motifs is 3. The van der Waals surface area contributed by atoms with E-state index in [1.165, 1.54) is 45.0 Å². The van der Waals surface area contributed by atoms with Crippen LogP contribution in [-0.4, -0.2) is 84.9 Å². The highest BCUT2D eigenvalue weighted by atomic mass is 19.4. The number of benzene rings is 2. The van der Waals surface area contributed by atoms with Gasteiger partial charge in [-0.15, -0.1) is 0 Å². The Hall–Kier alpha value is -3.56. The van der Waals surface area contributed by atoms with Gasteiger partial charge in [0.05, 0.1) is 40.6 Å². The summed E-state index contributed by atoms with van der Waals surface area (Å²) in [6, 6.07) is 4.34. The van der Waals surface area contributed by atoms with Crippen molar-refractivity contribution in [3.63, 3.8) is 0 Å². The summed E-state index contributed by atoms with van der Waals surface area (Å²) >= 11 is 0. The molecule has 1 fully saturated rings. The molecule has 1 saturated heterocycles. The van der Waals surface area contributed by atoms with Crippen LogP contribution in [0.4, 0.5) is 13.2 Å². The highest BCUT2D eigenvalue weighted by molar-refractivity contribution is 6.30. The fourth-order valence-electron chi connectivity index (χ4n) is 5.98. The number of ether oxygens (including phenoxy) is 2. The van der Waals surface area contributed by atoms with Gasteiger partial charge in [0.25, 0.3) is 0 Å². The van der Waals surface area contributed by atoms with Crippen LogP contribution in [0.5, 0.6) is 11.5 Å². The molecule has 2 aliphatic carbocycles. The number of amides is 1. The molecule has 11 nitrogen and oxygen atoms in total. The van der Waals surface area contributed by atoms with Crippen molar-refractivity contribution < 1.29 is 62.6 Å². The summed E-state index contributed by atoms with van der Waals surface area (Å²) in [4.78, 5) is 38.5. The molecular formula is C29H30F3NO10. The van der Waals surface area contributed by atoms with Crippen molar-refractivity contribution in [2.75, 3.05) is 0 Å². The lowest BCUT2D eigenvalue weighted by atomic mass is 9.68. The van der Waals surface area contributed by atoms with E-state index in [9.17, 15) is 53.1 Å². The Bertz CT molecular complexity index is 1520. The number of carbonyl (C=O) groups excluding carboxylic acids is 3. The molecule has 232 valence electrons. The van der Waals surface area contributed by atoms with Crippen molar-refractivity contribution in [2.24, 2.45) is 0 Å². The molecule has 43 heavy (non-hydrogen) atoms. The average molecular weight is 610 g/mol. The molecule has 0 unspecified atom stereocenters. The number of hydrogen-bond acceptors (Lipinski definition) is 10. The number of phenolic OH excluding ortho intramolecular Hbond substituents is 2.